The van der Waals surface area contributed by atoms with E-state index < -0.39 is 0 Å². The van der Waals surface area contributed by atoms with E-state index in [4.69, 9.17) is 4.52 Å². The molecule has 5 heteroatoms. The fourth-order valence-electron chi connectivity index (χ4n) is 3.16. The maximum absolute atomic E-state index is 12.6. The summed E-state index contributed by atoms with van der Waals surface area (Å²) in [4.78, 5) is 14.5. The number of nitrogens with one attached hydrogen (secondary N) is 1. The molecule has 1 saturated carbocycles. The number of aromatic nitrogens is 1. The molecule has 2 fully saturated rings. The second-order valence-electron chi connectivity index (χ2n) is 6.49. The fourth-order valence-corrected chi connectivity index (χ4v) is 3.16. The van der Waals surface area contributed by atoms with Crippen molar-refractivity contribution in [1.29, 1.82) is 0 Å². The average molecular weight is 311 g/mol. The first kappa shape index (κ1) is 14.3. The van der Waals surface area contributed by atoms with E-state index in [-0.39, 0.29) is 11.9 Å². The Bertz CT molecular complexity index is 679. The summed E-state index contributed by atoms with van der Waals surface area (Å²) in [6, 6.07) is 12.3. The van der Waals surface area contributed by atoms with E-state index in [1.807, 2.05) is 29.2 Å². The number of carbonyl (C=O) groups excluding carboxylic acids is 1. The molecule has 5 nitrogen and oxygen atoms in total. The lowest BCUT2D eigenvalue weighted by atomic mass is 10.0. The Morgan fingerprint density at radius 1 is 1.22 bits per heavy atom. The van der Waals surface area contributed by atoms with Crippen molar-refractivity contribution in [2.24, 2.45) is 0 Å². The van der Waals surface area contributed by atoms with Crippen LogP contribution in [0.4, 0.5) is 5.69 Å². The van der Waals surface area contributed by atoms with Crippen LogP contribution in [-0.2, 0) is 0 Å². The third-order valence-corrected chi connectivity index (χ3v) is 4.58. The second kappa shape index (κ2) is 6.07. The van der Waals surface area contributed by atoms with Gasteiger partial charge in [0, 0.05) is 36.8 Å². The van der Waals surface area contributed by atoms with Crippen molar-refractivity contribution in [2.75, 3.05) is 18.4 Å². The predicted molar refractivity (Wildman–Crippen MR) is 87.5 cm³/mol. The van der Waals surface area contributed by atoms with Gasteiger partial charge in [0.1, 0.15) is 5.76 Å². The Balaban J connectivity index is 1.40. The largest absolute Gasteiger partial charge is 0.381 e. The van der Waals surface area contributed by atoms with Crippen molar-refractivity contribution in [1.82, 2.24) is 10.1 Å². The Hall–Kier alpha value is -2.30. The van der Waals surface area contributed by atoms with Gasteiger partial charge in [-0.05, 0) is 37.8 Å². The lowest BCUT2D eigenvalue weighted by molar-refractivity contribution is 0.0704. The number of likely N-dealkylation sites (tertiary alicyclic amines) is 1. The van der Waals surface area contributed by atoms with Crippen LogP contribution in [0.2, 0.25) is 0 Å². The molecule has 0 bridgehead atoms. The second-order valence-corrected chi connectivity index (χ2v) is 6.49. The molecule has 1 aliphatic carbocycles. The highest BCUT2D eigenvalue weighted by atomic mass is 16.5. The molecule has 1 saturated heterocycles. The number of hydrogen-bond acceptors (Lipinski definition) is 4. The van der Waals surface area contributed by atoms with E-state index in [0.717, 1.165) is 43.7 Å². The Morgan fingerprint density at radius 3 is 2.83 bits per heavy atom. The quantitative estimate of drug-likeness (QED) is 0.941. The highest BCUT2D eigenvalue weighted by Crippen LogP contribution is 2.40. The minimum absolute atomic E-state index is 0.0137. The fraction of sp³-hybridized carbons (Fsp3) is 0.444. The van der Waals surface area contributed by atoms with Gasteiger partial charge in [0.05, 0.1) is 0 Å². The maximum Gasteiger partial charge on any atom is 0.276 e. The van der Waals surface area contributed by atoms with Crippen LogP contribution in [0.15, 0.2) is 40.9 Å². The van der Waals surface area contributed by atoms with Crippen LogP contribution < -0.4 is 5.32 Å². The summed E-state index contributed by atoms with van der Waals surface area (Å²) in [6.45, 7) is 1.50. The molecular formula is C18H21N3O2. The van der Waals surface area contributed by atoms with Crippen LogP contribution in [0.5, 0.6) is 0 Å². The number of hydrogen-bond donors (Lipinski definition) is 1. The minimum Gasteiger partial charge on any atom is -0.381 e. The molecule has 0 radical (unpaired) electrons. The number of rotatable bonds is 4. The van der Waals surface area contributed by atoms with E-state index in [0.29, 0.717) is 18.2 Å². The first-order valence-corrected chi connectivity index (χ1v) is 8.37. The van der Waals surface area contributed by atoms with Crippen LogP contribution in [0.25, 0.3) is 0 Å². The van der Waals surface area contributed by atoms with Gasteiger partial charge >= 0.3 is 0 Å². The monoisotopic (exact) mass is 311 g/mol. The molecule has 0 unspecified atom stereocenters. The van der Waals surface area contributed by atoms with Gasteiger partial charge in [-0.2, -0.15) is 0 Å². The summed E-state index contributed by atoms with van der Waals surface area (Å²) in [5.74, 6) is 1.34. The van der Waals surface area contributed by atoms with Gasteiger partial charge in [0.2, 0.25) is 0 Å². The zero-order valence-corrected chi connectivity index (χ0v) is 13.1. The standard InChI is InChI=1S/C18H21N3O2/c22-18(16-11-17(23-20-16)13-8-9-13)21-10-4-7-15(12-21)19-14-5-2-1-3-6-14/h1-3,5-6,11,13,15,19H,4,7-10,12H2/t15-/m0/s1. The molecule has 23 heavy (non-hydrogen) atoms. The van der Waals surface area contributed by atoms with E-state index in [9.17, 15) is 4.79 Å². The first-order valence-electron chi connectivity index (χ1n) is 8.37. The van der Waals surface area contributed by atoms with Gasteiger partial charge in [-0.3, -0.25) is 4.79 Å². The van der Waals surface area contributed by atoms with Crippen molar-refractivity contribution in [3.8, 4) is 0 Å². The van der Waals surface area contributed by atoms with Crippen molar-refractivity contribution in [3.63, 3.8) is 0 Å². The molecular weight excluding hydrogens is 290 g/mol. The normalized spacial score (nSPS) is 21.2. The maximum atomic E-state index is 12.6. The highest BCUT2D eigenvalue weighted by Gasteiger charge is 2.31. The predicted octanol–water partition coefficient (Wildman–Crippen LogP) is 3.27. The summed E-state index contributed by atoms with van der Waals surface area (Å²) < 4.78 is 5.31. The number of nitrogens with zero attached hydrogens (tertiary/aromatic N) is 2. The molecule has 4 rings (SSSR count). The molecule has 2 heterocycles. The zero-order valence-electron chi connectivity index (χ0n) is 13.1. The van der Waals surface area contributed by atoms with Gasteiger partial charge in [0.15, 0.2) is 5.69 Å². The van der Waals surface area contributed by atoms with Gasteiger partial charge in [0.25, 0.3) is 5.91 Å². The smallest absolute Gasteiger partial charge is 0.276 e. The number of para-hydroxylation sites is 1. The van der Waals surface area contributed by atoms with Crippen molar-refractivity contribution < 1.29 is 9.32 Å². The van der Waals surface area contributed by atoms with Crippen molar-refractivity contribution >= 4 is 11.6 Å². The highest BCUT2D eigenvalue weighted by molar-refractivity contribution is 5.92. The number of amides is 1. The average Bonchev–Trinajstić information content (AvgIpc) is 3.33. The zero-order chi connectivity index (χ0) is 15.6. The van der Waals surface area contributed by atoms with Crippen LogP contribution >= 0.6 is 0 Å². The number of benzene rings is 1. The molecule has 1 amide bonds. The van der Waals surface area contributed by atoms with Gasteiger partial charge < -0.3 is 14.7 Å². The van der Waals surface area contributed by atoms with Gasteiger partial charge in [-0.15, -0.1) is 0 Å². The van der Waals surface area contributed by atoms with Crippen LogP contribution in [-0.4, -0.2) is 35.1 Å². The van der Waals surface area contributed by atoms with E-state index in [1.54, 1.807) is 0 Å². The van der Waals surface area contributed by atoms with E-state index in [1.165, 1.54) is 0 Å². The summed E-state index contributed by atoms with van der Waals surface area (Å²) in [5, 5.41) is 7.49. The minimum atomic E-state index is -0.0137. The summed E-state index contributed by atoms with van der Waals surface area (Å²) in [6.07, 6.45) is 4.37. The SMILES string of the molecule is O=C(c1cc(C2CC2)on1)N1CCC[C@H](Nc2ccccc2)C1. The lowest BCUT2D eigenvalue weighted by Crippen LogP contribution is -2.45. The van der Waals surface area contributed by atoms with Gasteiger partial charge in [-0.25, -0.2) is 0 Å². The van der Waals surface area contributed by atoms with Crippen LogP contribution in [0.1, 0.15) is 47.8 Å². The van der Waals surface area contributed by atoms with Crippen LogP contribution in [0, 0.1) is 0 Å². The number of anilines is 1. The van der Waals surface area contributed by atoms with Crippen molar-refractivity contribution in [3.05, 3.63) is 47.9 Å². The molecule has 1 atom stereocenters. The topological polar surface area (TPSA) is 58.4 Å². The van der Waals surface area contributed by atoms with E-state index in [2.05, 4.69) is 22.6 Å². The summed E-state index contributed by atoms with van der Waals surface area (Å²) >= 11 is 0. The third kappa shape index (κ3) is 3.23. The third-order valence-electron chi connectivity index (χ3n) is 4.58. The molecule has 2 aliphatic rings. The molecule has 1 aromatic heterocycles. The van der Waals surface area contributed by atoms with Gasteiger partial charge in [-0.1, -0.05) is 23.4 Å². The molecule has 120 valence electrons. The summed E-state index contributed by atoms with van der Waals surface area (Å²) in [5.41, 5.74) is 1.55. The number of carbonyl (C=O) groups is 1. The first-order chi connectivity index (χ1) is 11.3. The van der Waals surface area contributed by atoms with E-state index >= 15 is 0 Å². The molecule has 2 aromatic rings. The summed E-state index contributed by atoms with van der Waals surface area (Å²) in [7, 11) is 0. The Morgan fingerprint density at radius 2 is 2.04 bits per heavy atom. The van der Waals surface area contributed by atoms with Crippen molar-refractivity contribution in [2.45, 2.75) is 37.6 Å². The van der Waals surface area contributed by atoms with Crippen LogP contribution in [0.3, 0.4) is 0 Å². The molecule has 1 aromatic carbocycles. The number of piperidine rings is 1. The molecule has 1 N–H and O–H groups in total. The lowest BCUT2D eigenvalue weighted by Gasteiger charge is -2.33. The molecule has 0 spiro atoms. The Kier molecular flexibility index (Phi) is 3.77. The molecule has 1 aliphatic heterocycles. The Labute approximate surface area is 135 Å².